The number of carbonyl (C=O) groups excluding carboxylic acids is 2. The molecule has 15 nitrogen and oxygen atoms in total. The van der Waals surface area contributed by atoms with Crippen LogP contribution in [0.15, 0.2) is 41.3 Å². The van der Waals surface area contributed by atoms with E-state index in [1.54, 1.807) is 13.8 Å². The molecule has 0 unspecified atom stereocenters. The molecule has 1 aromatic heterocycles. The van der Waals surface area contributed by atoms with Gasteiger partial charge in [-0.05, 0) is 37.6 Å². The first kappa shape index (κ1) is 32.1. The van der Waals surface area contributed by atoms with E-state index in [0.29, 0.717) is 10.1 Å². The van der Waals surface area contributed by atoms with E-state index < -0.39 is 82.7 Å². The topological polar surface area (TPSA) is 244 Å². The standard InChI is InChI=1S/C16H19N3O5S.C9H11F2N3O4/c1-16(2)11(15(23)24)19-13(22)10(14(19)25-16)18-12(21)9(17)7-3-5-8(20)6-4-7;10-9(11)6(16)4(3-15)18-7(9)14-2-1-5(12)13-8(14)17/h3-6,9-11,14,20H,17H2,1-2H3,(H,18,21)(H,23,24);1-2,4,6-7,15-16H,3H2,(H2,12,13,17)/t9-,10-,11+,14-;4-,6-,7-/m11/s1. The molecular formula is C25H30F2N6O9S. The number of β-lactam (4-membered cyclic amide) rings is 1. The van der Waals surface area contributed by atoms with Crippen LogP contribution in [0.1, 0.15) is 31.7 Å². The van der Waals surface area contributed by atoms with E-state index >= 15 is 0 Å². The number of nitrogens with zero attached hydrogens (tertiary/aromatic N) is 3. The van der Waals surface area contributed by atoms with Crippen molar-refractivity contribution >= 4 is 35.4 Å². The van der Waals surface area contributed by atoms with Crippen LogP contribution in [-0.2, 0) is 19.1 Å². The number of ether oxygens (including phenoxy) is 1. The third kappa shape index (κ3) is 5.87. The van der Waals surface area contributed by atoms with Crippen LogP contribution < -0.4 is 22.5 Å². The van der Waals surface area contributed by atoms with Crippen molar-refractivity contribution in [3.05, 3.63) is 52.6 Å². The number of rotatable bonds is 6. The lowest BCUT2D eigenvalue weighted by Gasteiger charge is -2.43. The molecule has 4 heterocycles. The van der Waals surface area contributed by atoms with Crippen LogP contribution in [0.25, 0.3) is 0 Å². The van der Waals surface area contributed by atoms with Gasteiger partial charge in [-0.1, -0.05) is 12.1 Å². The van der Waals surface area contributed by atoms with E-state index in [2.05, 4.69) is 10.3 Å². The number of hydrogen-bond donors (Lipinski definition) is 7. The molecule has 234 valence electrons. The molecule has 9 N–H and O–H groups in total. The van der Waals surface area contributed by atoms with Crippen LogP contribution in [0.2, 0.25) is 0 Å². The maximum absolute atomic E-state index is 13.7. The number of aromatic hydroxyl groups is 1. The molecule has 0 bridgehead atoms. The Morgan fingerprint density at radius 1 is 1.21 bits per heavy atom. The summed E-state index contributed by atoms with van der Waals surface area (Å²) in [4.78, 5) is 52.2. The number of fused-ring (bicyclic) bond motifs is 1. The number of nitrogens with two attached hydrogens (primary N) is 2. The normalized spacial score (nSPS) is 29.1. The van der Waals surface area contributed by atoms with Crippen molar-refractivity contribution in [2.45, 2.75) is 66.5 Å². The highest BCUT2D eigenvalue weighted by atomic mass is 32.2. The summed E-state index contributed by atoms with van der Waals surface area (Å²) < 4.78 is 32.1. The van der Waals surface area contributed by atoms with Gasteiger partial charge in [-0.3, -0.25) is 14.2 Å². The van der Waals surface area contributed by atoms with E-state index in [4.69, 9.17) is 21.3 Å². The molecule has 0 saturated carbocycles. The quantitative estimate of drug-likeness (QED) is 0.185. The number of nitrogen functional groups attached to an aromatic ring is 1. The molecule has 0 aliphatic carbocycles. The summed E-state index contributed by atoms with van der Waals surface area (Å²) in [7, 11) is 0. The van der Waals surface area contributed by atoms with E-state index in [0.717, 1.165) is 12.3 Å². The Morgan fingerprint density at radius 2 is 1.84 bits per heavy atom. The number of carbonyl (C=O) groups is 3. The van der Waals surface area contributed by atoms with Gasteiger partial charge in [-0.25, -0.2) is 9.59 Å². The van der Waals surface area contributed by atoms with Gasteiger partial charge in [0.2, 0.25) is 18.0 Å². The third-order valence-corrected chi connectivity index (χ3v) is 8.74. The first-order valence-corrected chi connectivity index (χ1v) is 13.6. The largest absolute Gasteiger partial charge is 0.508 e. The van der Waals surface area contributed by atoms with Gasteiger partial charge in [0, 0.05) is 10.9 Å². The number of carboxylic acid groups (broad SMARTS) is 1. The number of alkyl halides is 2. The first-order valence-electron chi connectivity index (χ1n) is 12.8. The Morgan fingerprint density at radius 3 is 2.37 bits per heavy atom. The van der Waals surface area contributed by atoms with Crippen molar-refractivity contribution in [3.63, 3.8) is 0 Å². The summed E-state index contributed by atoms with van der Waals surface area (Å²) >= 11 is 1.35. The summed E-state index contributed by atoms with van der Waals surface area (Å²) in [5, 5.41) is 39.0. The van der Waals surface area contributed by atoms with Gasteiger partial charge in [0.25, 0.3) is 0 Å². The number of halogens is 2. The maximum atomic E-state index is 13.7. The highest BCUT2D eigenvalue weighted by Crippen LogP contribution is 2.50. The fourth-order valence-corrected chi connectivity index (χ4v) is 6.57. The van der Waals surface area contributed by atoms with Gasteiger partial charge >= 0.3 is 17.6 Å². The number of aliphatic hydroxyl groups excluding tert-OH is 2. The van der Waals surface area contributed by atoms with Crippen LogP contribution in [0.3, 0.4) is 0 Å². The summed E-state index contributed by atoms with van der Waals surface area (Å²) in [6.45, 7) is 2.75. The molecule has 18 heteroatoms. The minimum atomic E-state index is -3.71. The lowest BCUT2D eigenvalue weighted by atomic mass is 9.95. The van der Waals surface area contributed by atoms with Crippen molar-refractivity contribution in [3.8, 4) is 5.75 Å². The predicted octanol–water partition coefficient (Wildman–Crippen LogP) is -1.26. The van der Waals surface area contributed by atoms with Crippen molar-refractivity contribution in [1.29, 1.82) is 0 Å². The van der Waals surface area contributed by atoms with Gasteiger partial charge in [-0.15, -0.1) is 11.8 Å². The average molecular weight is 629 g/mol. The zero-order valence-corrected chi connectivity index (χ0v) is 23.5. The van der Waals surface area contributed by atoms with Crippen LogP contribution in [0.4, 0.5) is 14.6 Å². The number of benzene rings is 1. The molecular weight excluding hydrogens is 598 g/mol. The molecule has 3 aliphatic rings. The van der Waals surface area contributed by atoms with Gasteiger partial charge in [0.1, 0.15) is 41.2 Å². The number of nitrogens with one attached hydrogen (secondary N) is 1. The van der Waals surface area contributed by atoms with Gasteiger partial charge in [0.15, 0.2) is 6.10 Å². The monoisotopic (exact) mass is 628 g/mol. The van der Waals surface area contributed by atoms with Gasteiger partial charge < -0.3 is 46.8 Å². The van der Waals surface area contributed by atoms with Crippen LogP contribution >= 0.6 is 11.8 Å². The summed E-state index contributed by atoms with van der Waals surface area (Å²) in [6.07, 6.45) is -4.69. The second kappa shape index (κ2) is 11.7. The molecule has 3 aliphatic heterocycles. The average Bonchev–Trinajstić information content (AvgIpc) is 3.33. The van der Waals surface area contributed by atoms with Crippen molar-refractivity contribution in [2.75, 3.05) is 12.3 Å². The molecule has 7 atom stereocenters. The minimum absolute atomic E-state index is 0.0606. The lowest BCUT2D eigenvalue weighted by molar-refractivity contribution is -0.161. The molecule has 2 aromatic rings. The van der Waals surface area contributed by atoms with Gasteiger partial charge in [0.05, 0.1) is 6.61 Å². The maximum Gasteiger partial charge on any atom is 0.351 e. The van der Waals surface area contributed by atoms with Crippen LogP contribution in [0, 0.1) is 0 Å². The Bertz CT molecular complexity index is 1460. The van der Waals surface area contributed by atoms with Crippen molar-refractivity contribution < 1.29 is 48.3 Å². The highest BCUT2D eigenvalue weighted by Gasteiger charge is 2.64. The summed E-state index contributed by atoms with van der Waals surface area (Å²) in [6, 6.07) is 4.36. The zero-order valence-electron chi connectivity index (χ0n) is 22.7. The number of hydrogen-bond acceptors (Lipinski definition) is 12. The third-order valence-electron chi connectivity index (χ3n) is 7.17. The summed E-state index contributed by atoms with van der Waals surface area (Å²) in [5.74, 6) is -5.77. The van der Waals surface area contributed by atoms with Crippen molar-refractivity contribution in [2.24, 2.45) is 5.73 Å². The molecule has 0 radical (unpaired) electrons. The number of phenolic OH excluding ortho intramolecular Hbond substituents is 1. The highest BCUT2D eigenvalue weighted by molar-refractivity contribution is 8.01. The van der Waals surface area contributed by atoms with Crippen LogP contribution in [0.5, 0.6) is 5.75 Å². The molecule has 1 aromatic carbocycles. The molecule has 3 fully saturated rings. The van der Waals surface area contributed by atoms with Gasteiger partial charge in [-0.2, -0.15) is 13.8 Å². The minimum Gasteiger partial charge on any atom is -0.508 e. The molecule has 3 saturated heterocycles. The molecule has 43 heavy (non-hydrogen) atoms. The number of thioether (sulfide) groups is 1. The number of aliphatic carboxylic acids is 1. The van der Waals surface area contributed by atoms with E-state index in [9.17, 15) is 43.3 Å². The Labute approximate surface area is 246 Å². The van der Waals surface area contributed by atoms with E-state index in [-0.39, 0.29) is 11.6 Å². The number of amides is 2. The molecule has 5 rings (SSSR count). The second-order valence-corrected chi connectivity index (χ2v) is 12.3. The first-order chi connectivity index (χ1) is 20.0. The number of anilines is 1. The smallest absolute Gasteiger partial charge is 0.351 e. The SMILES string of the molecule is CC1(C)S[C@@H]2[C@H](NC(=O)[C@H](N)c3ccc(O)cc3)C(=O)N2[C@H]1C(=O)O.Nc1ccn([C@@H]2O[C@H](CO)[C@@H](O)C2(F)F)c(=O)n1. The van der Waals surface area contributed by atoms with E-state index in [1.807, 2.05) is 0 Å². The predicted molar refractivity (Wildman–Crippen MR) is 146 cm³/mol. The second-order valence-electron chi connectivity index (χ2n) is 10.5. The van der Waals surface area contributed by atoms with E-state index in [1.165, 1.54) is 40.9 Å². The zero-order chi connectivity index (χ0) is 32.0. The Kier molecular flexibility index (Phi) is 8.72. The Balaban J connectivity index is 0.000000208. The fraction of sp³-hybridized carbons (Fsp3) is 0.480. The number of aromatic nitrogens is 2. The van der Waals surface area contributed by atoms with Crippen LogP contribution in [-0.4, -0.2) is 99.6 Å². The van der Waals surface area contributed by atoms with Crippen molar-refractivity contribution in [1.82, 2.24) is 19.8 Å². The molecule has 0 spiro atoms. The number of aliphatic hydroxyl groups is 2. The number of carboxylic acids is 1. The lowest BCUT2D eigenvalue weighted by Crippen LogP contribution is -2.71. The molecule has 2 amide bonds. The summed E-state index contributed by atoms with van der Waals surface area (Å²) in [5.41, 5.74) is 10.6. The number of phenols is 1. The fourth-order valence-electron chi connectivity index (χ4n) is 4.94. The Hall–Kier alpha value is -3.84.